The molecule has 1 aromatic heterocycles. The first-order chi connectivity index (χ1) is 18.8. The molecule has 14 heteroatoms. The van der Waals surface area contributed by atoms with Gasteiger partial charge in [-0.15, -0.1) is 0 Å². The van der Waals surface area contributed by atoms with Crippen LogP contribution < -0.4 is 27.4 Å². The quantitative estimate of drug-likeness (QED) is 0.130. The van der Waals surface area contributed by atoms with Gasteiger partial charge < -0.3 is 42.6 Å². The summed E-state index contributed by atoms with van der Waals surface area (Å²) in [5.74, 6) is -6.04. The van der Waals surface area contributed by atoms with Gasteiger partial charge >= 0.3 is 11.9 Å². The van der Waals surface area contributed by atoms with Crippen molar-refractivity contribution in [2.75, 3.05) is 0 Å². The van der Waals surface area contributed by atoms with Gasteiger partial charge in [-0.25, -0.2) is 4.79 Å². The van der Waals surface area contributed by atoms with Crippen molar-refractivity contribution in [3.8, 4) is 0 Å². The predicted octanol–water partition coefficient (Wildman–Crippen LogP) is -0.637. The average molecular weight is 561 g/mol. The summed E-state index contributed by atoms with van der Waals surface area (Å²) in [5, 5.41) is 26.5. The van der Waals surface area contributed by atoms with Gasteiger partial charge in [0, 0.05) is 36.4 Å². The number of carbonyl (C=O) groups is 6. The molecule has 0 bridgehead atoms. The first kappa shape index (κ1) is 31.8. The third kappa shape index (κ3) is 9.38. The highest BCUT2D eigenvalue weighted by Gasteiger charge is 2.32. The number of H-pyrrole nitrogens is 1. The third-order valence-electron chi connectivity index (χ3n) is 6.28. The van der Waals surface area contributed by atoms with Crippen molar-refractivity contribution in [2.45, 2.75) is 70.1 Å². The van der Waals surface area contributed by atoms with Crippen LogP contribution in [0.1, 0.15) is 45.1 Å². The van der Waals surface area contributed by atoms with Gasteiger partial charge in [0.1, 0.15) is 18.1 Å². The third-order valence-corrected chi connectivity index (χ3v) is 6.28. The number of rotatable bonds is 16. The molecule has 2 rings (SSSR count). The molecule has 4 amide bonds. The number of carboxylic acids is 2. The van der Waals surface area contributed by atoms with Gasteiger partial charge in [-0.2, -0.15) is 0 Å². The summed E-state index contributed by atoms with van der Waals surface area (Å²) in [6, 6.07) is 2.19. The summed E-state index contributed by atoms with van der Waals surface area (Å²) in [5.41, 5.74) is 12.5. The maximum Gasteiger partial charge on any atom is 0.326 e. The number of primary amides is 1. The number of carbonyl (C=O) groups excluding carboxylic acids is 4. The van der Waals surface area contributed by atoms with E-state index in [1.807, 2.05) is 18.2 Å². The van der Waals surface area contributed by atoms with E-state index in [0.29, 0.717) is 5.56 Å². The lowest BCUT2D eigenvalue weighted by molar-refractivity contribution is -0.143. The smallest absolute Gasteiger partial charge is 0.326 e. The van der Waals surface area contributed by atoms with Crippen LogP contribution in [-0.4, -0.2) is 74.9 Å². The minimum atomic E-state index is -1.34. The maximum atomic E-state index is 13.5. The zero-order chi connectivity index (χ0) is 30.0. The fourth-order valence-electron chi connectivity index (χ4n) is 4.01. The minimum absolute atomic E-state index is 0.0266. The molecule has 14 nitrogen and oxygen atoms in total. The van der Waals surface area contributed by atoms with Crippen molar-refractivity contribution in [3.05, 3.63) is 36.0 Å². The van der Waals surface area contributed by atoms with Crippen molar-refractivity contribution < 1.29 is 39.0 Å². The highest BCUT2D eigenvalue weighted by Crippen LogP contribution is 2.19. The van der Waals surface area contributed by atoms with Crippen LogP contribution in [0.2, 0.25) is 0 Å². The number of hydrogen-bond acceptors (Lipinski definition) is 7. The van der Waals surface area contributed by atoms with Gasteiger partial charge in [0.2, 0.25) is 23.6 Å². The zero-order valence-electron chi connectivity index (χ0n) is 22.3. The maximum absolute atomic E-state index is 13.5. The Balaban J connectivity index is 2.32. The monoisotopic (exact) mass is 560 g/mol. The Bertz CT molecular complexity index is 1240. The molecule has 0 saturated carbocycles. The lowest BCUT2D eigenvalue weighted by Crippen LogP contribution is -2.58. The Hall–Kier alpha value is -4.46. The van der Waals surface area contributed by atoms with E-state index in [9.17, 15) is 33.9 Å². The first-order valence-corrected chi connectivity index (χ1v) is 12.7. The number of fused-ring (bicyclic) bond motifs is 1. The summed E-state index contributed by atoms with van der Waals surface area (Å²) in [7, 11) is 0. The summed E-state index contributed by atoms with van der Waals surface area (Å²) < 4.78 is 0. The van der Waals surface area contributed by atoms with E-state index in [-0.39, 0.29) is 32.1 Å². The van der Waals surface area contributed by atoms with Gasteiger partial charge in [0.25, 0.3) is 0 Å². The highest BCUT2D eigenvalue weighted by atomic mass is 16.4. The number of nitrogens with two attached hydrogens (primary N) is 2. The number of aromatic nitrogens is 1. The second kappa shape index (κ2) is 14.6. The molecule has 0 radical (unpaired) electrons. The Morgan fingerprint density at radius 3 is 2.10 bits per heavy atom. The molecule has 0 spiro atoms. The van der Waals surface area contributed by atoms with Crippen LogP contribution in [0.5, 0.6) is 0 Å². The number of nitrogens with one attached hydrogen (secondary N) is 4. The van der Waals surface area contributed by atoms with Crippen molar-refractivity contribution in [3.63, 3.8) is 0 Å². The van der Waals surface area contributed by atoms with E-state index in [1.165, 1.54) is 0 Å². The van der Waals surface area contributed by atoms with Crippen LogP contribution in [0.4, 0.5) is 0 Å². The summed E-state index contributed by atoms with van der Waals surface area (Å²) in [6.07, 6.45) is 0.613. The van der Waals surface area contributed by atoms with E-state index in [0.717, 1.165) is 10.9 Å². The predicted molar refractivity (Wildman–Crippen MR) is 144 cm³/mol. The van der Waals surface area contributed by atoms with Crippen molar-refractivity contribution in [2.24, 2.45) is 17.4 Å². The molecule has 1 heterocycles. The standard InChI is InChI=1S/C26H36N6O8/c1-13(2)22(26(39)40)32-24(37)18(8-9-20(28)33)30-25(38)19(31-23(36)16(27)7-10-21(34)35)11-14-12-29-17-6-4-3-5-15(14)17/h3-6,12-13,16,18-19,22,29H,7-11,27H2,1-2H3,(H2,28,33)(H,30,38)(H,31,36)(H,32,37)(H,34,35)(H,39,40). The zero-order valence-corrected chi connectivity index (χ0v) is 22.3. The molecule has 0 aliphatic rings. The molecule has 1 aromatic carbocycles. The second-order valence-corrected chi connectivity index (χ2v) is 9.80. The van der Waals surface area contributed by atoms with E-state index in [1.54, 1.807) is 26.1 Å². The summed E-state index contributed by atoms with van der Waals surface area (Å²) in [6.45, 7) is 3.19. The van der Waals surface area contributed by atoms with E-state index in [2.05, 4.69) is 20.9 Å². The van der Waals surface area contributed by atoms with Crippen LogP contribution in [0.3, 0.4) is 0 Å². The van der Waals surface area contributed by atoms with Crippen LogP contribution >= 0.6 is 0 Å². The first-order valence-electron chi connectivity index (χ1n) is 12.7. The number of benzene rings is 1. The normalized spacial score (nSPS) is 14.1. The minimum Gasteiger partial charge on any atom is -0.481 e. The fourth-order valence-corrected chi connectivity index (χ4v) is 4.01. The number of hydrogen-bond donors (Lipinski definition) is 8. The Morgan fingerprint density at radius 2 is 1.50 bits per heavy atom. The van der Waals surface area contributed by atoms with Gasteiger partial charge in [-0.05, 0) is 30.4 Å². The SMILES string of the molecule is CC(C)C(NC(=O)C(CCC(N)=O)NC(=O)C(Cc1c[nH]c2ccccc12)NC(=O)C(N)CCC(=O)O)C(=O)O. The van der Waals surface area contributed by atoms with Crippen molar-refractivity contribution in [1.29, 1.82) is 0 Å². The number of aliphatic carboxylic acids is 2. The molecule has 0 saturated heterocycles. The Labute approximate surface area is 230 Å². The fraction of sp³-hybridized carbons (Fsp3) is 0.462. The number of aromatic amines is 1. The van der Waals surface area contributed by atoms with Gasteiger partial charge in [0.15, 0.2) is 0 Å². The Kier molecular flexibility index (Phi) is 11.6. The number of amides is 4. The molecule has 4 unspecified atom stereocenters. The van der Waals surface area contributed by atoms with E-state index >= 15 is 0 Å². The number of carboxylic acid groups (broad SMARTS) is 2. The molecule has 10 N–H and O–H groups in total. The van der Waals surface area contributed by atoms with Crippen LogP contribution in [-0.2, 0) is 35.2 Å². The van der Waals surface area contributed by atoms with Crippen LogP contribution in [0, 0.1) is 5.92 Å². The highest BCUT2D eigenvalue weighted by molar-refractivity contribution is 5.95. The van der Waals surface area contributed by atoms with Crippen molar-refractivity contribution in [1.82, 2.24) is 20.9 Å². The van der Waals surface area contributed by atoms with E-state index in [4.69, 9.17) is 16.6 Å². The molecular weight excluding hydrogens is 524 g/mol. The molecule has 4 atom stereocenters. The van der Waals surface area contributed by atoms with Crippen molar-refractivity contribution >= 4 is 46.5 Å². The molecule has 40 heavy (non-hydrogen) atoms. The lowest BCUT2D eigenvalue weighted by atomic mass is 10.0. The lowest BCUT2D eigenvalue weighted by Gasteiger charge is -2.26. The summed E-state index contributed by atoms with van der Waals surface area (Å²) in [4.78, 5) is 76.2. The topological polar surface area (TPSA) is 247 Å². The molecule has 0 fully saturated rings. The number of para-hydroxylation sites is 1. The second-order valence-electron chi connectivity index (χ2n) is 9.80. The van der Waals surface area contributed by atoms with Gasteiger partial charge in [-0.3, -0.25) is 24.0 Å². The van der Waals surface area contributed by atoms with E-state index < -0.39 is 65.7 Å². The van der Waals surface area contributed by atoms with Crippen LogP contribution in [0.25, 0.3) is 10.9 Å². The average Bonchev–Trinajstić information content (AvgIpc) is 3.29. The summed E-state index contributed by atoms with van der Waals surface area (Å²) >= 11 is 0. The molecular formula is C26H36N6O8. The molecule has 2 aromatic rings. The van der Waals surface area contributed by atoms with Gasteiger partial charge in [0.05, 0.1) is 6.04 Å². The molecule has 0 aliphatic heterocycles. The largest absolute Gasteiger partial charge is 0.481 e. The van der Waals surface area contributed by atoms with Gasteiger partial charge in [-0.1, -0.05) is 32.0 Å². The van der Waals surface area contributed by atoms with Crippen LogP contribution in [0.15, 0.2) is 30.5 Å². The Morgan fingerprint density at radius 1 is 0.875 bits per heavy atom. The molecule has 218 valence electrons. The molecule has 0 aliphatic carbocycles.